The predicted molar refractivity (Wildman–Crippen MR) is 99.5 cm³/mol. The van der Waals surface area contributed by atoms with Crippen LogP contribution < -0.4 is 5.32 Å². The number of hydrogen-bond donors (Lipinski definition) is 1. The van der Waals surface area contributed by atoms with Crippen LogP contribution in [0.1, 0.15) is 70.7 Å². The molecule has 0 fully saturated rings. The SMILES string of the molecule is CC(=O)N[C@H]1CC[C@@H](c2cc(C)ccc2C)c2c(C)ccc(C)c21. The average Bonchev–Trinajstić information content (AvgIpc) is 2.53. The lowest BCUT2D eigenvalue weighted by Crippen LogP contribution is -2.31. The molecule has 0 aliphatic heterocycles. The van der Waals surface area contributed by atoms with E-state index in [0.717, 1.165) is 12.8 Å². The molecule has 126 valence electrons. The van der Waals surface area contributed by atoms with Crippen LogP contribution in [-0.4, -0.2) is 5.91 Å². The molecule has 2 aromatic rings. The molecule has 0 heterocycles. The smallest absolute Gasteiger partial charge is 0.217 e. The van der Waals surface area contributed by atoms with Gasteiger partial charge in [0.25, 0.3) is 0 Å². The first-order valence-corrected chi connectivity index (χ1v) is 8.82. The van der Waals surface area contributed by atoms with Gasteiger partial charge in [0.15, 0.2) is 0 Å². The van der Waals surface area contributed by atoms with E-state index < -0.39 is 0 Å². The Hall–Kier alpha value is -2.09. The van der Waals surface area contributed by atoms with Crippen molar-refractivity contribution in [2.24, 2.45) is 0 Å². The lowest BCUT2D eigenvalue weighted by molar-refractivity contribution is -0.119. The number of carbonyl (C=O) groups is 1. The van der Waals surface area contributed by atoms with Crippen molar-refractivity contribution in [3.8, 4) is 0 Å². The van der Waals surface area contributed by atoms with Gasteiger partial charge in [0.05, 0.1) is 6.04 Å². The molecule has 3 rings (SSSR count). The molecule has 0 radical (unpaired) electrons. The van der Waals surface area contributed by atoms with E-state index in [1.807, 2.05) is 0 Å². The molecule has 0 saturated heterocycles. The van der Waals surface area contributed by atoms with Crippen LogP contribution in [0.2, 0.25) is 0 Å². The van der Waals surface area contributed by atoms with Gasteiger partial charge in [0, 0.05) is 12.8 Å². The lowest BCUT2D eigenvalue weighted by atomic mass is 9.72. The Balaban J connectivity index is 2.17. The maximum Gasteiger partial charge on any atom is 0.217 e. The third kappa shape index (κ3) is 2.98. The molecular weight excluding hydrogens is 294 g/mol. The first-order chi connectivity index (χ1) is 11.4. The fourth-order valence-corrected chi connectivity index (χ4v) is 4.24. The molecule has 2 nitrogen and oxygen atoms in total. The number of nitrogens with one attached hydrogen (secondary N) is 1. The average molecular weight is 321 g/mol. The van der Waals surface area contributed by atoms with Crippen LogP contribution in [0, 0.1) is 27.7 Å². The minimum atomic E-state index is 0.0528. The van der Waals surface area contributed by atoms with Gasteiger partial charge in [0.2, 0.25) is 5.91 Å². The molecular formula is C22H27NO. The molecule has 2 heteroatoms. The Bertz CT molecular complexity index is 791. The van der Waals surface area contributed by atoms with E-state index in [1.165, 1.54) is 38.9 Å². The number of aryl methyl sites for hydroxylation is 4. The second kappa shape index (κ2) is 6.43. The van der Waals surface area contributed by atoms with E-state index in [4.69, 9.17) is 0 Å². The molecule has 2 aromatic carbocycles. The van der Waals surface area contributed by atoms with Gasteiger partial charge >= 0.3 is 0 Å². The topological polar surface area (TPSA) is 29.1 Å². The molecule has 0 spiro atoms. The third-order valence-corrected chi connectivity index (χ3v) is 5.35. The molecule has 1 amide bonds. The second-order valence-corrected chi connectivity index (χ2v) is 7.27. The van der Waals surface area contributed by atoms with Gasteiger partial charge < -0.3 is 5.32 Å². The maximum absolute atomic E-state index is 11.7. The number of fused-ring (bicyclic) bond motifs is 1. The maximum atomic E-state index is 11.7. The van der Waals surface area contributed by atoms with E-state index in [2.05, 4.69) is 63.3 Å². The van der Waals surface area contributed by atoms with Crippen LogP contribution in [-0.2, 0) is 4.79 Å². The van der Waals surface area contributed by atoms with Gasteiger partial charge in [-0.1, -0.05) is 35.9 Å². The minimum Gasteiger partial charge on any atom is -0.350 e. The zero-order valence-corrected chi connectivity index (χ0v) is 15.4. The zero-order valence-electron chi connectivity index (χ0n) is 15.4. The van der Waals surface area contributed by atoms with Crippen molar-refractivity contribution in [2.45, 2.75) is 59.4 Å². The summed E-state index contributed by atoms with van der Waals surface area (Å²) >= 11 is 0. The summed E-state index contributed by atoms with van der Waals surface area (Å²) in [6, 6.07) is 11.3. The molecule has 0 bridgehead atoms. The summed E-state index contributed by atoms with van der Waals surface area (Å²) in [6.07, 6.45) is 2.07. The second-order valence-electron chi connectivity index (χ2n) is 7.27. The van der Waals surface area contributed by atoms with Crippen molar-refractivity contribution in [1.29, 1.82) is 0 Å². The van der Waals surface area contributed by atoms with Crippen molar-refractivity contribution in [2.75, 3.05) is 0 Å². The lowest BCUT2D eigenvalue weighted by Gasteiger charge is -2.35. The van der Waals surface area contributed by atoms with Gasteiger partial charge in [0.1, 0.15) is 0 Å². The Labute approximate surface area is 145 Å². The van der Waals surface area contributed by atoms with Crippen LogP contribution in [0.5, 0.6) is 0 Å². The van der Waals surface area contributed by atoms with E-state index >= 15 is 0 Å². The highest BCUT2D eigenvalue weighted by Crippen LogP contribution is 2.45. The first kappa shape index (κ1) is 16.8. The van der Waals surface area contributed by atoms with Gasteiger partial charge in [-0.3, -0.25) is 4.79 Å². The van der Waals surface area contributed by atoms with Crippen LogP contribution in [0.25, 0.3) is 0 Å². The van der Waals surface area contributed by atoms with Crippen molar-refractivity contribution in [1.82, 2.24) is 5.32 Å². The fraction of sp³-hybridized carbons (Fsp3) is 0.409. The normalized spacial score (nSPS) is 19.7. The van der Waals surface area contributed by atoms with Crippen LogP contribution >= 0.6 is 0 Å². The summed E-state index contributed by atoms with van der Waals surface area (Å²) in [5.41, 5.74) is 9.48. The van der Waals surface area contributed by atoms with Crippen LogP contribution in [0.4, 0.5) is 0 Å². The van der Waals surface area contributed by atoms with E-state index in [-0.39, 0.29) is 11.9 Å². The van der Waals surface area contributed by atoms with Gasteiger partial charge in [-0.2, -0.15) is 0 Å². The summed E-state index contributed by atoms with van der Waals surface area (Å²) in [7, 11) is 0. The van der Waals surface area contributed by atoms with Crippen molar-refractivity contribution >= 4 is 5.91 Å². The largest absolute Gasteiger partial charge is 0.350 e. The predicted octanol–water partition coefficient (Wildman–Crippen LogP) is 5.02. The van der Waals surface area contributed by atoms with E-state index in [9.17, 15) is 4.79 Å². The van der Waals surface area contributed by atoms with Crippen molar-refractivity contribution in [3.05, 3.63) is 69.3 Å². The number of carbonyl (C=O) groups excluding carboxylic acids is 1. The van der Waals surface area contributed by atoms with Crippen molar-refractivity contribution in [3.63, 3.8) is 0 Å². The monoisotopic (exact) mass is 321 g/mol. The summed E-state index contributed by atoms with van der Waals surface area (Å²) in [4.78, 5) is 11.7. The molecule has 24 heavy (non-hydrogen) atoms. The molecule has 2 atom stereocenters. The third-order valence-electron chi connectivity index (χ3n) is 5.35. The Morgan fingerprint density at radius 1 is 0.917 bits per heavy atom. The Kier molecular flexibility index (Phi) is 4.49. The molecule has 0 unspecified atom stereocenters. The van der Waals surface area contributed by atoms with Crippen LogP contribution in [0.3, 0.4) is 0 Å². The zero-order chi connectivity index (χ0) is 17.4. The summed E-state index contributed by atoms with van der Waals surface area (Å²) in [5, 5.41) is 3.17. The Morgan fingerprint density at radius 2 is 1.54 bits per heavy atom. The Morgan fingerprint density at radius 3 is 2.21 bits per heavy atom. The number of benzene rings is 2. The van der Waals surface area contributed by atoms with Gasteiger partial charge in [-0.05, 0) is 73.9 Å². The molecule has 0 saturated carbocycles. The summed E-state index contributed by atoms with van der Waals surface area (Å²) in [5.74, 6) is 0.474. The number of amides is 1. The molecule has 0 aromatic heterocycles. The summed E-state index contributed by atoms with van der Waals surface area (Å²) < 4.78 is 0. The van der Waals surface area contributed by atoms with Gasteiger partial charge in [-0.25, -0.2) is 0 Å². The standard InChI is InChI=1S/C22H27NO/c1-13-6-7-14(2)19(12-13)18-10-11-20(23-17(5)24)22-16(4)9-8-15(3)21(18)22/h6-9,12,18,20H,10-11H2,1-5H3,(H,23,24)/t18-,20-/m0/s1. The van der Waals surface area contributed by atoms with Crippen LogP contribution in [0.15, 0.2) is 30.3 Å². The molecule has 1 N–H and O–H groups in total. The number of hydrogen-bond acceptors (Lipinski definition) is 1. The highest BCUT2D eigenvalue weighted by atomic mass is 16.1. The number of rotatable bonds is 2. The molecule has 1 aliphatic rings. The van der Waals surface area contributed by atoms with E-state index in [0.29, 0.717) is 5.92 Å². The fourth-order valence-electron chi connectivity index (χ4n) is 4.24. The molecule has 1 aliphatic carbocycles. The van der Waals surface area contributed by atoms with Crippen molar-refractivity contribution < 1.29 is 4.79 Å². The highest BCUT2D eigenvalue weighted by molar-refractivity contribution is 5.74. The highest BCUT2D eigenvalue weighted by Gasteiger charge is 2.31. The van der Waals surface area contributed by atoms with Gasteiger partial charge in [-0.15, -0.1) is 0 Å². The summed E-state index contributed by atoms with van der Waals surface area (Å²) in [6.45, 7) is 10.3. The van der Waals surface area contributed by atoms with E-state index in [1.54, 1.807) is 6.92 Å². The minimum absolute atomic E-state index is 0.0528. The quantitative estimate of drug-likeness (QED) is 0.826. The first-order valence-electron chi connectivity index (χ1n) is 8.82.